The smallest absolute Gasteiger partial charge is 0.332 e. The van der Waals surface area contributed by atoms with E-state index in [0.29, 0.717) is 24.4 Å². The number of aryl methyl sites for hydroxylation is 1. The number of hydrogen-bond donors (Lipinski definition) is 2. The number of nitrogens with one attached hydrogen (secondary N) is 1. The van der Waals surface area contributed by atoms with Crippen LogP contribution in [-0.2, 0) is 17.6 Å². The average molecular weight is 320 g/mol. The first kappa shape index (κ1) is 14.7. The number of rotatable bonds is 4. The molecule has 0 saturated heterocycles. The first-order valence-corrected chi connectivity index (χ1v) is 8.00. The highest BCUT2D eigenvalue weighted by atomic mass is 32.1. The van der Waals surface area contributed by atoms with Gasteiger partial charge in [-0.3, -0.25) is 4.79 Å². The van der Waals surface area contributed by atoms with E-state index in [1.165, 1.54) is 22.6 Å². The number of carboxylic acid groups (broad SMARTS) is 1. The zero-order valence-corrected chi connectivity index (χ0v) is 12.9. The van der Waals surface area contributed by atoms with Crippen molar-refractivity contribution in [1.29, 1.82) is 0 Å². The highest BCUT2D eigenvalue weighted by Gasteiger charge is 2.38. The molecule has 0 saturated carbocycles. The number of amides is 1. The summed E-state index contributed by atoms with van der Waals surface area (Å²) in [6.45, 7) is 2.39. The Bertz CT molecular complexity index is 709. The van der Waals surface area contributed by atoms with Crippen molar-refractivity contribution in [3.63, 3.8) is 0 Å². The van der Waals surface area contributed by atoms with Crippen molar-refractivity contribution in [2.75, 3.05) is 6.54 Å². The summed E-state index contributed by atoms with van der Waals surface area (Å²) in [6.07, 6.45) is 3.82. The van der Waals surface area contributed by atoms with E-state index >= 15 is 0 Å². The Labute approximate surface area is 131 Å². The number of aromatic amines is 1. The molecule has 0 fully saturated rings. The van der Waals surface area contributed by atoms with Crippen LogP contribution in [0.1, 0.15) is 46.3 Å². The molecular formula is C14H16N4O3S. The van der Waals surface area contributed by atoms with Gasteiger partial charge in [0, 0.05) is 24.0 Å². The van der Waals surface area contributed by atoms with Gasteiger partial charge in [0.15, 0.2) is 6.04 Å². The van der Waals surface area contributed by atoms with E-state index in [2.05, 4.69) is 15.0 Å². The quantitative estimate of drug-likeness (QED) is 0.892. The Morgan fingerprint density at radius 2 is 2.36 bits per heavy atom. The van der Waals surface area contributed by atoms with Crippen LogP contribution in [0.3, 0.4) is 0 Å². The summed E-state index contributed by atoms with van der Waals surface area (Å²) >= 11 is 1.44. The number of hydrogen-bond acceptors (Lipinski definition) is 5. The minimum absolute atomic E-state index is 0.318. The molecule has 2 N–H and O–H groups in total. The zero-order chi connectivity index (χ0) is 15.7. The van der Waals surface area contributed by atoms with Crippen molar-refractivity contribution < 1.29 is 14.7 Å². The summed E-state index contributed by atoms with van der Waals surface area (Å²) in [5, 5.41) is 12.1. The third kappa shape index (κ3) is 2.50. The largest absolute Gasteiger partial charge is 0.479 e. The van der Waals surface area contributed by atoms with Crippen LogP contribution in [0.2, 0.25) is 0 Å². The number of imidazole rings is 1. The molecule has 1 atom stereocenters. The number of aliphatic carboxylic acids is 1. The standard InChI is InChI=1S/C14H16N4O3S/c1-2-3-10-17-9(6-22-10)13(19)18-5-4-8-11(16-7-15-8)12(18)14(20)21/h6-7,12H,2-5H2,1H3,(H,15,16)(H,20,21)/t12-/m1/s1. The molecule has 116 valence electrons. The highest BCUT2D eigenvalue weighted by molar-refractivity contribution is 7.09. The number of carboxylic acids is 1. The van der Waals surface area contributed by atoms with Crippen LogP contribution in [0.4, 0.5) is 0 Å². The van der Waals surface area contributed by atoms with E-state index in [0.717, 1.165) is 23.5 Å². The van der Waals surface area contributed by atoms with Crippen LogP contribution >= 0.6 is 11.3 Å². The molecule has 2 aromatic heterocycles. The first-order valence-electron chi connectivity index (χ1n) is 7.12. The number of aromatic nitrogens is 3. The number of fused-ring (bicyclic) bond motifs is 1. The Kier molecular flexibility index (Phi) is 3.93. The predicted octanol–water partition coefficient (Wildman–Crippen LogP) is 1.64. The van der Waals surface area contributed by atoms with Gasteiger partial charge in [-0.15, -0.1) is 11.3 Å². The van der Waals surface area contributed by atoms with Gasteiger partial charge in [-0.05, 0) is 12.8 Å². The monoisotopic (exact) mass is 320 g/mol. The maximum atomic E-state index is 12.6. The Balaban J connectivity index is 1.89. The van der Waals surface area contributed by atoms with Crippen LogP contribution in [0, 0.1) is 0 Å². The molecule has 0 radical (unpaired) electrons. The molecule has 0 bridgehead atoms. The SMILES string of the molecule is CCCc1nc(C(=O)N2CCc3[nH]cnc3[C@@H]2C(=O)O)cs1. The maximum absolute atomic E-state index is 12.6. The number of thiazole rings is 1. The summed E-state index contributed by atoms with van der Waals surface area (Å²) < 4.78 is 0. The fourth-order valence-corrected chi connectivity index (χ4v) is 3.50. The van der Waals surface area contributed by atoms with E-state index in [4.69, 9.17) is 0 Å². The Hall–Kier alpha value is -2.22. The number of carbonyl (C=O) groups is 2. The van der Waals surface area contributed by atoms with Gasteiger partial charge in [-0.2, -0.15) is 0 Å². The molecular weight excluding hydrogens is 304 g/mol. The lowest BCUT2D eigenvalue weighted by Gasteiger charge is -2.31. The second-order valence-corrected chi connectivity index (χ2v) is 6.07. The van der Waals surface area contributed by atoms with Crippen molar-refractivity contribution in [2.24, 2.45) is 0 Å². The second-order valence-electron chi connectivity index (χ2n) is 5.13. The molecule has 22 heavy (non-hydrogen) atoms. The molecule has 8 heteroatoms. The van der Waals surface area contributed by atoms with Crippen molar-refractivity contribution in [3.8, 4) is 0 Å². The van der Waals surface area contributed by atoms with Crippen LogP contribution in [0.15, 0.2) is 11.7 Å². The van der Waals surface area contributed by atoms with Gasteiger partial charge in [-0.1, -0.05) is 6.92 Å². The van der Waals surface area contributed by atoms with Crippen molar-refractivity contribution in [3.05, 3.63) is 33.8 Å². The van der Waals surface area contributed by atoms with Crippen LogP contribution in [-0.4, -0.2) is 43.4 Å². The van der Waals surface area contributed by atoms with Crippen molar-refractivity contribution in [2.45, 2.75) is 32.2 Å². The third-order valence-electron chi connectivity index (χ3n) is 3.65. The van der Waals surface area contributed by atoms with Gasteiger partial charge >= 0.3 is 5.97 Å². The summed E-state index contributed by atoms with van der Waals surface area (Å²) in [5.74, 6) is -1.43. The molecule has 7 nitrogen and oxygen atoms in total. The second kappa shape index (κ2) is 5.88. The fourth-order valence-electron chi connectivity index (χ4n) is 2.63. The van der Waals surface area contributed by atoms with Crippen molar-refractivity contribution >= 4 is 23.2 Å². The minimum atomic E-state index is -1.08. The topological polar surface area (TPSA) is 99.2 Å². The lowest BCUT2D eigenvalue weighted by Crippen LogP contribution is -2.43. The molecule has 1 aliphatic rings. The summed E-state index contributed by atoms with van der Waals surface area (Å²) in [4.78, 5) is 36.9. The minimum Gasteiger partial charge on any atom is -0.479 e. The number of nitrogens with zero attached hydrogens (tertiary/aromatic N) is 3. The van der Waals surface area contributed by atoms with Gasteiger partial charge < -0.3 is 15.0 Å². The first-order chi connectivity index (χ1) is 10.6. The van der Waals surface area contributed by atoms with Crippen molar-refractivity contribution in [1.82, 2.24) is 19.9 Å². The summed E-state index contributed by atoms with van der Waals surface area (Å²) in [6, 6.07) is -1.06. The third-order valence-corrected chi connectivity index (χ3v) is 4.56. The summed E-state index contributed by atoms with van der Waals surface area (Å²) in [7, 11) is 0. The van der Waals surface area contributed by atoms with Gasteiger partial charge in [0.05, 0.1) is 17.0 Å². The lowest BCUT2D eigenvalue weighted by atomic mass is 10.0. The van der Waals surface area contributed by atoms with Gasteiger partial charge in [0.25, 0.3) is 5.91 Å². The fraction of sp³-hybridized carbons (Fsp3) is 0.429. The van der Waals surface area contributed by atoms with Crippen LogP contribution in [0.25, 0.3) is 0 Å². The van der Waals surface area contributed by atoms with Gasteiger partial charge in [0.1, 0.15) is 5.69 Å². The van der Waals surface area contributed by atoms with Crippen LogP contribution < -0.4 is 0 Å². The Morgan fingerprint density at radius 3 is 3.09 bits per heavy atom. The maximum Gasteiger partial charge on any atom is 0.332 e. The lowest BCUT2D eigenvalue weighted by molar-refractivity contribution is -0.143. The van der Waals surface area contributed by atoms with Crippen LogP contribution in [0.5, 0.6) is 0 Å². The summed E-state index contributed by atoms with van der Waals surface area (Å²) in [5.41, 5.74) is 1.51. The molecule has 2 aromatic rings. The molecule has 0 unspecified atom stereocenters. The number of carbonyl (C=O) groups excluding carboxylic acids is 1. The molecule has 0 aliphatic carbocycles. The van der Waals surface area contributed by atoms with E-state index in [1.54, 1.807) is 5.38 Å². The molecule has 0 aromatic carbocycles. The molecule has 1 aliphatic heterocycles. The van der Waals surface area contributed by atoms with E-state index in [9.17, 15) is 14.7 Å². The van der Waals surface area contributed by atoms with E-state index in [-0.39, 0.29) is 5.91 Å². The predicted molar refractivity (Wildman–Crippen MR) is 79.8 cm³/mol. The molecule has 1 amide bonds. The average Bonchev–Trinajstić information content (AvgIpc) is 3.14. The normalized spacial score (nSPS) is 17.3. The molecule has 3 heterocycles. The molecule has 3 rings (SSSR count). The highest BCUT2D eigenvalue weighted by Crippen LogP contribution is 2.29. The van der Waals surface area contributed by atoms with Gasteiger partial charge in [-0.25, -0.2) is 14.8 Å². The zero-order valence-electron chi connectivity index (χ0n) is 12.1. The van der Waals surface area contributed by atoms with E-state index in [1.807, 2.05) is 6.92 Å². The molecule has 0 spiro atoms. The van der Waals surface area contributed by atoms with E-state index < -0.39 is 12.0 Å². The van der Waals surface area contributed by atoms with Gasteiger partial charge in [0.2, 0.25) is 0 Å². The number of H-pyrrole nitrogens is 1. The Morgan fingerprint density at radius 1 is 1.55 bits per heavy atom.